The average Bonchev–Trinajstić information content (AvgIpc) is 3.41. The molecule has 1 aliphatic rings. The summed E-state index contributed by atoms with van der Waals surface area (Å²) in [6, 6.07) is 0.861. The second-order valence-corrected chi connectivity index (χ2v) is 6.30. The lowest BCUT2D eigenvalue weighted by Crippen LogP contribution is -2.10. The number of nitrogens with two attached hydrogens (primary N) is 1. The zero-order chi connectivity index (χ0) is 21.1. The van der Waals surface area contributed by atoms with E-state index in [1.807, 2.05) is 13.8 Å². The van der Waals surface area contributed by atoms with E-state index in [2.05, 4.69) is 16.5 Å². The van der Waals surface area contributed by atoms with E-state index in [1.54, 1.807) is 0 Å². The number of aliphatic hydroxyl groups excluding tert-OH is 1. The number of halogens is 4. The van der Waals surface area contributed by atoms with Crippen LogP contribution in [0.3, 0.4) is 0 Å². The molecule has 0 radical (unpaired) electrons. The van der Waals surface area contributed by atoms with E-state index in [4.69, 9.17) is 5.73 Å². The van der Waals surface area contributed by atoms with Gasteiger partial charge in [-0.25, -0.2) is 9.97 Å². The summed E-state index contributed by atoms with van der Waals surface area (Å²) in [4.78, 5) is 7.88. The number of allylic oxidation sites excluding steroid dienone is 1. The highest BCUT2D eigenvalue weighted by Gasteiger charge is 2.36. The van der Waals surface area contributed by atoms with Crippen LogP contribution < -0.4 is 5.73 Å². The van der Waals surface area contributed by atoms with Crippen LogP contribution in [-0.4, -0.2) is 26.3 Å². The first-order chi connectivity index (χ1) is 13.2. The molecular formula is C19H24F4N4O. The highest BCUT2D eigenvalue weighted by Crippen LogP contribution is 2.42. The van der Waals surface area contributed by atoms with Gasteiger partial charge in [0, 0.05) is 30.1 Å². The van der Waals surface area contributed by atoms with E-state index in [0.717, 1.165) is 18.9 Å². The lowest BCUT2D eigenvalue weighted by molar-refractivity contribution is -0.137. The summed E-state index contributed by atoms with van der Waals surface area (Å²) in [5.74, 6) is -0.343. The summed E-state index contributed by atoms with van der Waals surface area (Å²) in [6.45, 7) is 7.13. The van der Waals surface area contributed by atoms with Crippen molar-refractivity contribution in [1.82, 2.24) is 14.5 Å². The number of aliphatic hydroxyl groups is 1. The number of nitrogen functional groups attached to an aromatic ring is 1. The predicted molar refractivity (Wildman–Crippen MR) is 99.8 cm³/mol. The van der Waals surface area contributed by atoms with Gasteiger partial charge in [-0.05, 0) is 24.8 Å². The molecule has 0 bridgehead atoms. The summed E-state index contributed by atoms with van der Waals surface area (Å²) in [5, 5.41) is 10.4. The monoisotopic (exact) mass is 400 g/mol. The molecule has 5 nitrogen and oxygen atoms in total. The van der Waals surface area contributed by atoms with Gasteiger partial charge in [-0.2, -0.15) is 13.2 Å². The number of imidazole rings is 1. The molecule has 1 saturated carbocycles. The fourth-order valence-electron chi connectivity index (χ4n) is 2.69. The lowest BCUT2D eigenvalue weighted by Gasteiger charge is -2.13. The van der Waals surface area contributed by atoms with E-state index in [9.17, 15) is 22.7 Å². The quantitative estimate of drug-likeness (QED) is 0.680. The van der Waals surface area contributed by atoms with Crippen molar-refractivity contribution in [2.75, 3.05) is 12.4 Å². The topological polar surface area (TPSA) is 77.0 Å². The molecule has 1 fully saturated rings. The molecule has 0 aromatic carbocycles. The SMILES string of the molecule is C=C(CCF)n1cc(-c2cnc(N)c(C(F)(F)F)c2)nc1C(O)C1CC1.CC. The highest BCUT2D eigenvalue weighted by atomic mass is 19.4. The maximum Gasteiger partial charge on any atom is 0.419 e. The normalized spacial score (nSPS) is 15.0. The van der Waals surface area contributed by atoms with Crippen LogP contribution in [0.2, 0.25) is 0 Å². The molecule has 0 aliphatic heterocycles. The number of pyridine rings is 1. The molecule has 2 aromatic heterocycles. The third kappa shape index (κ3) is 4.70. The maximum absolute atomic E-state index is 13.1. The zero-order valence-corrected chi connectivity index (χ0v) is 15.8. The fraction of sp³-hybridized carbons (Fsp3) is 0.474. The van der Waals surface area contributed by atoms with E-state index in [-0.39, 0.29) is 29.4 Å². The van der Waals surface area contributed by atoms with Crippen LogP contribution in [0.5, 0.6) is 0 Å². The molecule has 0 amide bonds. The number of hydrogen-bond donors (Lipinski definition) is 2. The first-order valence-electron chi connectivity index (χ1n) is 9.07. The van der Waals surface area contributed by atoms with Gasteiger partial charge in [0.15, 0.2) is 0 Å². The van der Waals surface area contributed by atoms with Gasteiger partial charge in [-0.3, -0.25) is 4.39 Å². The molecule has 0 saturated heterocycles. The van der Waals surface area contributed by atoms with Crippen LogP contribution in [-0.2, 0) is 6.18 Å². The Morgan fingerprint density at radius 3 is 2.57 bits per heavy atom. The van der Waals surface area contributed by atoms with Gasteiger partial charge < -0.3 is 15.4 Å². The lowest BCUT2D eigenvalue weighted by atomic mass is 10.1. The Hall–Kier alpha value is -2.42. The van der Waals surface area contributed by atoms with Gasteiger partial charge in [-0.15, -0.1) is 0 Å². The molecule has 154 valence electrons. The van der Waals surface area contributed by atoms with Crippen molar-refractivity contribution in [2.45, 2.75) is 45.4 Å². The molecule has 2 heterocycles. The minimum Gasteiger partial charge on any atom is -0.385 e. The first kappa shape index (κ1) is 21.9. The molecule has 3 N–H and O–H groups in total. The predicted octanol–water partition coefficient (Wildman–Crippen LogP) is 4.85. The molecule has 0 spiro atoms. The Labute approximate surface area is 160 Å². The molecule has 1 aliphatic carbocycles. The van der Waals surface area contributed by atoms with Crippen molar-refractivity contribution in [1.29, 1.82) is 0 Å². The molecule has 2 aromatic rings. The van der Waals surface area contributed by atoms with Crippen molar-refractivity contribution in [3.8, 4) is 11.3 Å². The van der Waals surface area contributed by atoms with Crippen molar-refractivity contribution >= 4 is 11.5 Å². The Kier molecular flexibility index (Phi) is 6.82. The maximum atomic E-state index is 13.1. The van der Waals surface area contributed by atoms with Crippen molar-refractivity contribution in [2.24, 2.45) is 5.92 Å². The van der Waals surface area contributed by atoms with E-state index in [1.165, 1.54) is 17.0 Å². The van der Waals surface area contributed by atoms with Crippen LogP contribution in [0.15, 0.2) is 25.0 Å². The Morgan fingerprint density at radius 2 is 2.04 bits per heavy atom. The minimum absolute atomic E-state index is 0.0218. The van der Waals surface area contributed by atoms with Crippen LogP contribution in [0.25, 0.3) is 17.0 Å². The Bertz CT molecular complexity index is 828. The minimum atomic E-state index is -4.65. The van der Waals surface area contributed by atoms with Gasteiger partial charge in [0.05, 0.1) is 17.9 Å². The first-order valence-corrected chi connectivity index (χ1v) is 9.07. The van der Waals surface area contributed by atoms with Gasteiger partial charge in [0.1, 0.15) is 17.7 Å². The van der Waals surface area contributed by atoms with E-state index in [0.29, 0.717) is 5.70 Å². The van der Waals surface area contributed by atoms with Crippen LogP contribution in [0.1, 0.15) is 50.6 Å². The third-order valence-electron chi connectivity index (χ3n) is 4.31. The van der Waals surface area contributed by atoms with Crippen LogP contribution >= 0.6 is 0 Å². The summed E-state index contributed by atoms with van der Waals surface area (Å²) in [5.41, 5.74) is 4.90. The molecule has 3 rings (SSSR count). The van der Waals surface area contributed by atoms with Crippen LogP contribution in [0, 0.1) is 5.92 Å². The largest absolute Gasteiger partial charge is 0.419 e. The number of rotatable bonds is 6. The fourth-order valence-corrected chi connectivity index (χ4v) is 2.69. The van der Waals surface area contributed by atoms with Crippen molar-refractivity contribution < 1.29 is 22.7 Å². The van der Waals surface area contributed by atoms with Crippen molar-refractivity contribution in [3.63, 3.8) is 0 Å². The summed E-state index contributed by atoms with van der Waals surface area (Å²) in [7, 11) is 0. The second-order valence-electron chi connectivity index (χ2n) is 6.30. The summed E-state index contributed by atoms with van der Waals surface area (Å²) in [6.07, 6.45) is -1.22. The summed E-state index contributed by atoms with van der Waals surface area (Å²) < 4.78 is 53.3. The van der Waals surface area contributed by atoms with E-state index >= 15 is 0 Å². The van der Waals surface area contributed by atoms with E-state index < -0.39 is 30.3 Å². The number of hydrogen-bond acceptors (Lipinski definition) is 4. The van der Waals surface area contributed by atoms with Gasteiger partial charge in [0.2, 0.25) is 0 Å². The molecule has 28 heavy (non-hydrogen) atoms. The Morgan fingerprint density at radius 1 is 1.39 bits per heavy atom. The standard InChI is InChI=1S/C17H18F4N4O.C2H6/c1-9(4-5-18)25-8-13(24-16(25)14(26)10-2-3-10)11-6-12(17(19,20)21)15(22)23-7-11;1-2/h6-8,10,14,26H,1-5H2,(H2,22,23);1-2H3. The molecular weight excluding hydrogens is 376 g/mol. The van der Waals surface area contributed by atoms with Gasteiger partial charge >= 0.3 is 6.18 Å². The number of anilines is 1. The Balaban J connectivity index is 0.00000136. The smallest absolute Gasteiger partial charge is 0.385 e. The van der Waals surface area contributed by atoms with Crippen LogP contribution in [0.4, 0.5) is 23.4 Å². The molecule has 1 unspecified atom stereocenters. The number of alkyl halides is 4. The second kappa shape index (κ2) is 8.72. The number of aromatic nitrogens is 3. The molecule has 1 atom stereocenters. The highest BCUT2D eigenvalue weighted by molar-refractivity contribution is 5.63. The van der Waals surface area contributed by atoms with Crippen molar-refractivity contribution in [3.05, 3.63) is 36.4 Å². The number of nitrogens with zero attached hydrogens (tertiary/aromatic N) is 3. The summed E-state index contributed by atoms with van der Waals surface area (Å²) >= 11 is 0. The zero-order valence-electron chi connectivity index (χ0n) is 15.8. The third-order valence-corrected chi connectivity index (χ3v) is 4.31. The van der Waals surface area contributed by atoms with Gasteiger partial charge in [-0.1, -0.05) is 20.4 Å². The van der Waals surface area contributed by atoms with Gasteiger partial charge in [0.25, 0.3) is 0 Å². The average molecular weight is 400 g/mol. The molecule has 9 heteroatoms.